The molecule has 2 rings (SSSR count). The van der Waals surface area contributed by atoms with Gasteiger partial charge in [0.25, 0.3) is 0 Å². The van der Waals surface area contributed by atoms with E-state index in [-0.39, 0.29) is 0 Å². The minimum atomic E-state index is 0.297. The number of hydrogen-bond donors (Lipinski definition) is 1. The molecule has 0 aliphatic carbocycles. The lowest BCUT2D eigenvalue weighted by Gasteiger charge is -2.38. The zero-order valence-electron chi connectivity index (χ0n) is 12.4. The summed E-state index contributed by atoms with van der Waals surface area (Å²) in [6.07, 6.45) is 5.05. The Hall–Kier alpha value is -0.380. The summed E-state index contributed by atoms with van der Waals surface area (Å²) in [4.78, 5) is 2.53. The first-order valence-corrected chi connectivity index (χ1v) is 8.62. The first-order valence-electron chi connectivity index (χ1n) is 7.83. The van der Waals surface area contributed by atoms with Crippen molar-refractivity contribution in [2.75, 3.05) is 26.2 Å². The Kier molecular flexibility index (Phi) is 6.53. The number of hydrogen-bond acceptors (Lipinski definition) is 2. The number of halogens is 1. The standard InChI is InChI=1S/C17H26BrNO/c1-2-3-4-10-19-11-9-17(15(12-19)13-20)14-5-7-16(18)8-6-14/h5-8,15,17,20H,2-4,9-13H2,1H3. The molecule has 2 atom stereocenters. The molecule has 1 aromatic rings. The fourth-order valence-corrected chi connectivity index (χ4v) is 3.49. The van der Waals surface area contributed by atoms with Gasteiger partial charge in [-0.3, -0.25) is 0 Å². The van der Waals surface area contributed by atoms with E-state index in [9.17, 15) is 5.11 Å². The monoisotopic (exact) mass is 339 g/mol. The molecule has 0 radical (unpaired) electrons. The Morgan fingerprint density at radius 2 is 2.00 bits per heavy atom. The SMILES string of the molecule is CCCCCN1CCC(c2ccc(Br)cc2)C(CO)C1. The summed E-state index contributed by atoms with van der Waals surface area (Å²) in [5.74, 6) is 0.891. The predicted molar refractivity (Wildman–Crippen MR) is 88.0 cm³/mol. The normalized spacial score (nSPS) is 23.9. The second-order valence-electron chi connectivity index (χ2n) is 5.90. The molecule has 3 heteroatoms. The van der Waals surface area contributed by atoms with E-state index in [1.54, 1.807) is 0 Å². The molecule has 20 heavy (non-hydrogen) atoms. The van der Waals surface area contributed by atoms with Gasteiger partial charge in [0, 0.05) is 23.5 Å². The van der Waals surface area contributed by atoms with Gasteiger partial charge in [-0.15, -0.1) is 0 Å². The zero-order chi connectivity index (χ0) is 14.4. The number of aliphatic hydroxyl groups excluding tert-OH is 1. The number of aliphatic hydroxyl groups is 1. The van der Waals surface area contributed by atoms with E-state index in [0.29, 0.717) is 18.4 Å². The molecule has 112 valence electrons. The van der Waals surface area contributed by atoms with Gasteiger partial charge in [-0.25, -0.2) is 0 Å². The molecule has 1 aliphatic rings. The van der Waals surface area contributed by atoms with E-state index in [2.05, 4.69) is 52.0 Å². The molecular formula is C17H26BrNO. The molecule has 1 heterocycles. The van der Waals surface area contributed by atoms with E-state index in [4.69, 9.17) is 0 Å². The van der Waals surface area contributed by atoms with Crippen LogP contribution >= 0.6 is 15.9 Å². The summed E-state index contributed by atoms with van der Waals surface area (Å²) < 4.78 is 1.12. The summed E-state index contributed by atoms with van der Waals surface area (Å²) in [5, 5.41) is 9.73. The maximum absolute atomic E-state index is 9.73. The summed E-state index contributed by atoms with van der Waals surface area (Å²) >= 11 is 3.49. The van der Waals surface area contributed by atoms with Gasteiger partial charge in [-0.1, -0.05) is 47.8 Å². The molecule has 1 aliphatic heterocycles. The van der Waals surface area contributed by atoms with Crippen LogP contribution in [0.15, 0.2) is 28.7 Å². The topological polar surface area (TPSA) is 23.5 Å². The highest BCUT2D eigenvalue weighted by Gasteiger charge is 2.29. The lowest BCUT2D eigenvalue weighted by Crippen LogP contribution is -2.41. The Labute approximate surface area is 131 Å². The average molecular weight is 340 g/mol. The second kappa shape index (κ2) is 8.16. The van der Waals surface area contributed by atoms with E-state index in [1.807, 2.05) is 0 Å². The van der Waals surface area contributed by atoms with Crippen molar-refractivity contribution in [3.05, 3.63) is 34.3 Å². The Bertz CT molecular complexity index is 392. The number of rotatable bonds is 6. The van der Waals surface area contributed by atoms with E-state index in [0.717, 1.165) is 11.0 Å². The second-order valence-corrected chi connectivity index (χ2v) is 6.81. The average Bonchev–Trinajstić information content (AvgIpc) is 2.48. The summed E-state index contributed by atoms with van der Waals surface area (Å²) in [7, 11) is 0. The number of nitrogens with zero attached hydrogens (tertiary/aromatic N) is 1. The third-order valence-electron chi connectivity index (χ3n) is 4.43. The van der Waals surface area contributed by atoms with Crippen molar-refractivity contribution >= 4 is 15.9 Å². The van der Waals surface area contributed by atoms with Crippen molar-refractivity contribution in [3.63, 3.8) is 0 Å². The molecule has 1 saturated heterocycles. The van der Waals surface area contributed by atoms with Crippen LogP contribution in [0.4, 0.5) is 0 Å². The molecule has 1 fully saturated rings. The van der Waals surface area contributed by atoms with Crippen LogP contribution in [-0.2, 0) is 0 Å². The van der Waals surface area contributed by atoms with Crippen molar-refractivity contribution < 1.29 is 5.11 Å². The molecule has 0 amide bonds. The van der Waals surface area contributed by atoms with Gasteiger partial charge in [-0.2, -0.15) is 0 Å². The third-order valence-corrected chi connectivity index (χ3v) is 4.96. The maximum Gasteiger partial charge on any atom is 0.0477 e. The molecule has 0 saturated carbocycles. The smallest absolute Gasteiger partial charge is 0.0477 e. The molecule has 1 N–H and O–H groups in total. The largest absolute Gasteiger partial charge is 0.396 e. The summed E-state index contributed by atoms with van der Waals surface area (Å²) in [5.41, 5.74) is 1.38. The summed E-state index contributed by atoms with van der Waals surface area (Å²) in [6, 6.07) is 8.61. The van der Waals surface area contributed by atoms with Gasteiger partial charge < -0.3 is 10.0 Å². The van der Waals surface area contributed by atoms with Crippen LogP contribution in [0.3, 0.4) is 0 Å². The minimum absolute atomic E-state index is 0.297. The first-order chi connectivity index (χ1) is 9.74. The molecule has 0 bridgehead atoms. The van der Waals surface area contributed by atoms with Gasteiger partial charge in [0.05, 0.1) is 0 Å². The van der Waals surface area contributed by atoms with Crippen LogP contribution in [0.2, 0.25) is 0 Å². The number of piperidine rings is 1. The highest BCUT2D eigenvalue weighted by Crippen LogP contribution is 2.33. The van der Waals surface area contributed by atoms with Crippen molar-refractivity contribution in [1.82, 2.24) is 4.90 Å². The lowest BCUT2D eigenvalue weighted by atomic mass is 9.81. The summed E-state index contributed by atoms with van der Waals surface area (Å²) in [6.45, 7) is 5.95. The lowest BCUT2D eigenvalue weighted by molar-refractivity contribution is 0.101. The van der Waals surface area contributed by atoms with Gasteiger partial charge in [0.1, 0.15) is 0 Å². The fourth-order valence-electron chi connectivity index (χ4n) is 3.23. The zero-order valence-corrected chi connectivity index (χ0v) is 14.0. The van der Waals surface area contributed by atoms with E-state index in [1.165, 1.54) is 44.3 Å². The number of benzene rings is 1. The first kappa shape index (κ1) is 16.0. The highest BCUT2D eigenvalue weighted by atomic mass is 79.9. The number of unbranched alkanes of at least 4 members (excludes halogenated alkanes) is 2. The van der Waals surface area contributed by atoms with Crippen LogP contribution in [0.1, 0.15) is 44.1 Å². The predicted octanol–water partition coefficient (Wildman–Crippen LogP) is 4.04. The van der Waals surface area contributed by atoms with E-state index >= 15 is 0 Å². The van der Waals surface area contributed by atoms with Gasteiger partial charge in [-0.05, 0) is 49.5 Å². The van der Waals surface area contributed by atoms with Crippen LogP contribution in [0, 0.1) is 5.92 Å². The minimum Gasteiger partial charge on any atom is -0.396 e. The Morgan fingerprint density at radius 3 is 2.65 bits per heavy atom. The van der Waals surface area contributed by atoms with Crippen LogP contribution in [0.25, 0.3) is 0 Å². The van der Waals surface area contributed by atoms with Crippen LogP contribution in [-0.4, -0.2) is 36.2 Å². The quantitative estimate of drug-likeness (QED) is 0.790. The molecule has 2 unspecified atom stereocenters. The Morgan fingerprint density at radius 1 is 1.25 bits per heavy atom. The van der Waals surface area contributed by atoms with E-state index < -0.39 is 0 Å². The third kappa shape index (κ3) is 4.31. The fraction of sp³-hybridized carbons (Fsp3) is 0.647. The number of likely N-dealkylation sites (tertiary alicyclic amines) is 1. The molecule has 0 aromatic heterocycles. The van der Waals surface area contributed by atoms with Gasteiger partial charge in [0.15, 0.2) is 0 Å². The van der Waals surface area contributed by atoms with Gasteiger partial charge >= 0.3 is 0 Å². The van der Waals surface area contributed by atoms with Gasteiger partial charge in [0.2, 0.25) is 0 Å². The molecule has 0 spiro atoms. The Balaban J connectivity index is 1.94. The highest BCUT2D eigenvalue weighted by molar-refractivity contribution is 9.10. The van der Waals surface area contributed by atoms with Crippen LogP contribution < -0.4 is 0 Å². The van der Waals surface area contributed by atoms with Crippen molar-refractivity contribution in [3.8, 4) is 0 Å². The van der Waals surface area contributed by atoms with Crippen molar-refractivity contribution in [2.24, 2.45) is 5.92 Å². The molecular weight excluding hydrogens is 314 g/mol. The van der Waals surface area contributed by atoms with Crippen molar-refractivity contribution in [2.45, 2.75) is 38.5 Å². The maximum atomic E-state index is 9.73. The van der Waals surface area contributed by atoms with Crippen molar-refractivity contribution in [1.29, 1.82) is 0 Å². The molecule has 1 aromatic carbocycles. The molecule has 2 nitrogen and oxygen atoms in total. The van der Waals surface area contributed by atoms with Crippen LogP contribution in [0.5, 0.6) is 0 Å².